The van der Waals surface area contributed by atoms with Gasteiger partial charge < -0.3 is 14.7 Å². The first-order chi connectivity index (χ1) is 10.5. The maximum absolute atomic E-state index is 13.0. The fraction of sp³-hybridized carbons (Fsp3) is 0.250. The van der Waals surface area contributed by atoms with E-state index in [1.54, 1.807) is 12.1 Å². The molecule has 0 radical (unpaired) electrons. The van der Waals surface area contributed by atoms with Gasteiger partial charge in [0.1, 0.15) is 12.4 Å². The number of aromatic carboxylic acids is 1. The predicted molar refractivity (Wildman–Crippen MR) is 79.2 cm³/mol. The molecule has 6 heteroatoms. The molecule has 3 rings (SSSR count). The molecule has 22 heavy (non-hydrogen) atoms. The van der Waals surface area contributed by atoms with E-state index in [1.807, 2.05) is 11.9 Å². The highest BCUT2D eigenvalue weighted by Crippen LogP contribution is 2.34. The number of carboxylic acid groups (broad SMARTS) is 1. The minimum Gasteiger partial charge on any atom is -0.488 e. The van der Waals surface area contributed by atoms with E-state index in [0.717, 1.165) is 11.1 Å². The van der Waals surface area contributed by atoms with Gasteiger partial charge in [-0.15, -0.1) is 0 Å². The van der Waals surface area contributed by atoms with Gasteiger partial charge in [-0.2, -0.15) is 0 Å². The molecule has 0 aliphatic carbocycles. The van der Waals surface area contributed by atoms with Crippen molar-refractivity contribution in [1.29, 1.82) is 0 Å². The maximum Gasteiger partial charge on any atom is 0.354 e. The van der Waals surface area contributed by atoms with Crippen molar-refractivity contribution in [3.05, 3.63) is 53.0 Å². The highest BCUT2D eigenvalue weighted by molar-refractivity contribution is 5.87. The number of ether oxygens (including phenoxy) is 1. The van der Waals surface area contributed by atoms with E-state index in [-0.39, 0.29) is 11.5 Å². The van der Waals surface area contributed by atoms with Crippen LogP contribution in [0, 0.1) is 5.82 Å². The average Bonchev–Trinajstić information content (AvgIpc) is 2.50. The zero-order valence-electron chi connectivity index (χ0n) is 12.0. The normalized spacial score (nSPS) is 13.5. The molecule has 1 aliphatic rings. The van der Waals surface area contributed by atoms with E-state index in [9.17, 15) is 14.3 Å². The molecule has 0 saturated carbocycles. The molecule has 1 aromatic heterocycles. The van der Waals surface area contributed by atoms with Crippen molar-refractivity contribution >= 4 is 11.8 Å². The van der Waals surface area contributed by atoms with Crippen LogP contribution in [-0.2, 0) is 6.42 Å². The zero-order valence-corrected chi connectivity index (χ0v) is 12.0. The molecule has 2 aromatic rings. The molecule has 0 fully saturated rings. The third-order valence-corrected chi connectivity index (χ3v) is 3.59. The minimum atomic E-state index is -1.08. The SMILES string of the molecule is CN1CCOc2c(Cc3ccc(F)cc3)cc(C(=O)O)nc21. The monoisotopic (exact) mass is 302 g/mol. The standard InChI is InChI=1S/C16H15FN2O3/c1-19-6-7-22-14-11(8-10-2-4-12(17)5-3-10)9-13(16(20)21)18-15(14)19/h2-5,9H,6-8H2,1H3,(H,20,21). The lowest BCUT2D eigenvalue weighted by Gasteiger charge is -2.28. The van der Waals surface area contributed by atoms with Gasteiger partial charge in [0.15, 0.2) is 17.3 Å². The Balaban J connectivity index is 2.05. The van der Waals surface area contributed by atoms with Gasteiger partial charge in [-0.25, -0.2) is 14.2 Å². The van der Waals surface area contributed by atoms with Crippen LogP contribution in [-0.4, -0.2) is 36.3 Å². The number of fused-ring (bicyclic) bond motifs is 1. The number of aromatic nitrogens is 1. The van der Waals surface area contributed by atoms with E-state index in [0.29, 0.717) is 31.1 Å². The second-order valence-electron chi connectivity index (χ2n) is 5.20. The first-order valence-corrected chi connectivity index (χ1v) is 6.90. The lowest BCUT2D eigenvalue weighted by atomic mass is 10.0. The van der Waals surface area contributed by atoms with Crippen molar-refractivity contribution in [3.8, 4) is 5.75 Å². The number of benzene rings is 1. The lowest BCUT2D eigenvalue weighted by molar-refractivity contribution is 0.0690. The van der Waals surface area contributed by atoms with Crippen LogP contribution in [0.5, 0.6) is 5.75 Å². The molecular formula is C16H15FN2O3. The summed E-state index contributed by atoms with van der Waals surface area (Å²) in [7, 11) is 1.85. The fourth-order valence-corrected chi connectivity index (χ4v) is 2.44. The van der Waals surface area contributed by atoms with Crippen molar-refractivity contribution in [2.24, 2.45) is 0 Å². The van der Waals surface area contributed by atoms with Crippen molar-refractivity contribution in [2.45, 2.75) is 6.42 Å². The van der Waals surface area contributed by atoms with E-state index < -0.39 is 5.97 Å². The number of hydrogen-bond acceptors (Lipinski definition) is 4. The molecule has 1 aliphatic heterocycles. The number of carbonyl (C=O) groups is 1. The molecule has 1 N–H and O–H groups in total. The summed E-state index contributed by atoms with van der Waals surface area (Å²) in [5, 5.41) is 9.23. The number of nitrogens with zero attached hydrogens (tertiary/aromatic N) is 2. The van der Waals surface area contributed by atoms with E-state index in [2.05, 4.69) is 4.98 Å². The molecule has 0 bridgehead atoms. The van der Waals surface area contributed by atoms with Crippen LogP contribution in [0.1, 0.15) is 21.6 Å². The van der Waals surface area contributed by atoms with Gasteiger partial charge in [0, 0.05) is 19.0 Å². The van der Waals surface area contributed by atoms with E-state index in [1.165, 1.54) is 18.2 Å². The smallest absolute Gasteiger partial charge is 0.354 e. The number of hydrogen-bond donors (Lipinski definition) is 1. The Labute approximate surface area is 127 Å². The Hall–Kier alpha value is -2.63. The third-order valence-electron chi connectivity index (χ3n) is 3.59. The number of rotatable bonds is 3. The van der Waals surface area contributed by atoms with Gasteiger partial charge in [-0.1, -0.05) is 12.1 Å². The Morgan fingerprint density at radius 3 is 2.82 bits per heavy atom. The molecule has 114 valence electrons. The Morgan fingerprint density at radius 2 is 2.14 bits per heavy atom. The third kappa shape index (κ3) is 2.72. The average molecular weight is 302 g/mol. The number of anilines is 1. The molecule has 0 amide bonds. The Bertz CT molecular complexity index is 716. The number of pyridine rings is 1. The van der Waals surface area contributed by atoms with Gasteiger partial charge in [0.25, 0.3) is 0 Å². The largest absolute Gasteiger partial charge is 0.488 e. The van der Waals surface area contributed by atoms with Crippen LogP contribution in [0.4, 0.5) is 10.2 Å². The first kappa shape index (κ1) is 14.3. The number of halogens is 1. The van der Waals surface area contributed by atoms with Crippen LogP contribution in [0.15, 0.2) is 30.3 Å². The second-order valence-corrected chi connectivity index (χ2v) is 5.20. The van der Waals surface area contributed by atoms with Crippen molar-refractivity contribution in [2.75, 3.05) is 25.1 Å². The summed E-state index contributed by atoms with van der Waals surface area (Å²) in [5.74, 6) is -0.254. The van der Waals surface area contributed by atoms with Crippen LogP contribution in [0.3, 0.4) is 0 Å². The van der Waals surface area contributed by atoms with Gasteiger partial charge >= 0.3 is 5.97 Å². The van der Waals surface area contributed by atoms with Crippen LogP contribution in [0.25, 0.3) is 0 Å². The van der Waals surface area contributed by atoms with Crippen LogP contribution in [0.2, 0.25) is 0 Å². The Morgan fingerprint density at radius 1 is 1.41 bits per heavy atom. The molecule has 0 spiro atoms. The summed E-state index contributed by atoms with van der Waals surface area (Å²) < 4.78 is 18.7. The van der Waals surface area contributed by atoms with Gasteiger partial charge in [0.05, 0.1) is 6.54 Å². The van der Waals surface area contributed by atoms with Crippen LogP contribution < -0.4 is 9.64 Å². The summed E-state index contributed by atoms with van der Waals surface area (Å²) in [4.78, 5) is 17.3. The second kappa shape index (κ2) is 5.63. The quantitative estimate of drug-likeness (QED) is 0.943. The zero-order chi connectivity index (χ0) is 15.7. The lowest BCUT2D eigenvalue weighted by Crippen LogP contribution is -2.31. The van der Waals surface area contributed by atoms with Gasteiger partial charge in [-0.05, 0) is 23.8 Å². The van der Waals surface area contributed by atoms with Crippen LogP contribution >= 0.6 is 0 Å². The van der Waals surface area contributed by atoms with Crippen molar-refractivity contribution in [3.63, 3.8) is 0 Å². The van der Waals surface area contributed by atoms with E-state index in [4.69, 9.17) is 4.74 Å². The van der Waals surface area contributed by atoms with Gasteiger partial charge in [0.2, 0.25) is 0 Å². The molecule has 5 nitrogen and oxygen atoms in total. The van der Waals surface area contributed by atoms with E-state index >= 15 is 0 Å². The highest BCUT2D eigenvalue weighted by Gasteiger charge is 2.23. The molecular weight excluding hydrogens is 287 g/mol. The fourth-order valence-electron chi connectivity index (χ4n) is 2.44. The summed E-state index contributed by atoms with van der Waals surface area (Å²) >= 11 is 0. The molecule has 0 saturated heterocycles. The molecule has 1 aromatic carbocycles. The summed E-state index contributed by atoms with van der Waals surface area (Å²) in [5.41, 5.74) is 1.59. The minimum absolute atomic E-state index is 0.0202. The molecule has 2 heterocycles. The van der Waals surface area contributed by atoms with Crippen molar-refractivity contribution < 1.29 is 19.0 Å². The molecule has 0 unspecified atom stereocenters. The summed E-state index contributed by atoms with van der Waals surface area (Å²) in [6.07, 6.45) is 0.458. The van der Waals surface area contributed by atoms with Crippen molar-refractivity contribution in [1.82, 2.24) is 4.98 Å². The summed E-state index contributed by atoms with van der Waals surface area (Å²) in [6, 6.07) is 7.63. The number of carboxylic acids is 1. The molecule has 0 atom stereocenters. The summed E-state index contributed by atoms with van der Waals surface area (Å²) in [6.45, 7) is 1.17. The highest BCUT2D eigenvalue weighted by atomic mass is 19.1. The van der Waals surface area contributed by atoms with Gasteiger partial charge in [-0.3, -0.25) is 0 Å². The first-order valence-electron chi connectivity index (χ1n) is 6.90. The number of likely N-dealkylation sites (N-methyl/N-ethyl adjacent to an activating group) is 1. The maximum atomic E-state index is 13.0. The predicted octanol–water partition coefficient (Wildman–Crippen LogP) is 2.34. The topological polar surface area (TPSA) is 62.7 Å². The Kier molecular flexibility index (Phi) is 3.66.